The highest BCUT2D eigenvalue weighted by Gasteiger charge is 2.33. The van der Waals surface area contributed by atoms with Crippen LogP contribution in [0.15, 0.2) is 71.6 Å². The zero-order chi connectivity index (χ0) is 29.7. The van der Waals surface area contributed by atoms with Crippen LogP contribution in [0.5, 0.6) is 11.5 Å². The molecule has 3 aromatic carbocycles. The van der Waals surface area contributed by atoms with Crippen LogP contribution in [0.25, 0.3) is 0 Å². The van der Waals surface area contributed by atoms with E-state index in [2.05, 4.69) is 5.32 Å². The molecule has 1 aliphatic heterocycles. The zero-order valence-corrected chi connectivity index (χ0v) is 25.2. The van der Waals surface area contributed by atoms with Crippen LogP contribution in [0, 0.1) is 0 Å². The smallest absolute Gasteiger partial charge is 0.264 e. The van der Waals surface area contributed by atoms with Gasteiger partial charge in [0, 0.05) is 28.7 Å². The van der Waals surface area contributed by atoms with Gasteiger partial charge in [0.1, 0.15) is 25.8 Å². The summed E-state index contributed by atoms with van der Waals surface area (Å²) in [6.07, 6.45) is 0. The highest BCUT2D eigenvalue weighted by Crippen LogP contribution is 2.36. The first-order valence-electron chi connectivity index (χ1n) is 13.0. The van der Waals surface area contributed by atoms with Crippen LogP contribution >= 0.6 is 23.2 Å². The lowest BCUT2D eigenvalue weighted by atomic mass is 10.1. The van der Waals surface area contributed by atoms with E-state index in [9.17, 15) is 18.0 Å². The van der Waals surface area contributed by atoms with Crippen LogP contribution in [-0.4, -0.2) is 57.0 Å². The molecule has 0 unspecified atom stereocenters. The molecule has 1 heterocycles. The van der Waals surface area contributed by atoms with Crippen LogP contribution in [0.1, 0.15) is 26.3 Å². The average molecular weight is 621 g/mol. The summed E-state index contributed by atoms with van der Waals surface area (Å²) in [6.45, 7) is 5.23. The number of rotatable bonds is 10. The number of anilines is 1. The standard InChI is InChI=1S/C29H31Cl2N3O6S/c1-19(2)32-29(36)20(3)33(17-21-9-10-22(30)15-25(21)31)28(35)18-34(41(37,38)24-7-5-4-6-8-24)23-11-12-26-27(16-23)40-14-13-39-26/h4-12,15-16,19-20H,13-14,17-18H2,1-3H3,(H,32,36)/t20-/m1/s1. The number of carbonyl (C=O) groups excluding carboxylic acids is 2. The van der Waals surface area contributed by atoms with E-state index in [0.717, 1.165) is 4.31 Å². The normalized spacial score (nSPS) is 13.4. The molecule has 0 radical (unpaired) electrons. The summed E-state index contributed by atoms with van der Waals surface area (Å²) in [5, 5.41) is 3.54. The molecule has 0 fully saturated rings. The van der Waals surface area contributed by atoms with Gasteiger partial charge in [0.15, 0.2) is 11.5 Å². The molecule has 0 saturated heterocycles. The average Bonchev–Trinajstić information content (AvgIpc) is 2.94. The first kappa shape index (κ1) is 30.5. The predicted molar refractivity (Wildman–Crippen MR) is 158 cm³/mol. The highest BCUT2D eigenvalue weighted by atomic mass is 35.5. The maximum absolute atomic E-state index is 14.0. The van der Waals surface area contributed by atoms with Crippen LogP contribution < -0.4 is 19.1 Å². The van der Waals surface area contributed by atoms with Crippen molar-refractivity contribution in [2.45, 2.75) is 44.3 Å². The van der Waals surface area contributed by atoms with Gasteiger partial charge in [-0.1, -0.05) is 47.5 Å². The van der Waals surface area contributed by atoms with Gasteiger partial charge in [0.2, 0.25) is 11.8 Å². The van der Waals surface area contributed by atoms with Gasteiger partial charge in [0.05, 0.1) is 10.6 Å². The van der Waals surface area contributed by atoms with Gasteiger partial charge < -0.3 is 19.7 Å². The Labute approximate surface area is 250 Å². The van der Waals surface area contributed by atoms with E-state index in [1.807, 2.05) is 13.8 Å². The molecular weight excluding hydrogens is 589 g/mol. The van der Waals surface area contributed by atoms with E-state index in [1.165, 1.54) is 23.1 Å². The van der Waals surface area contributed by atoms with E-state index >= 15 is 0 Å². The third kappa shape index (κ3) is 7.25. The van der Waals surface area contributed by atoms with Crippen molar-refractivity contribution in [3.8, 4) is 11.5 Å². The molecule has 1 N–H and O–H groups in total. The van der Waals surface area contributed by atoms with Gasteiger partial charge in [-0.3, -0.25) is 13.9 Å². The molecule has 1 aliphatic rings. The van der Waals surface area contributed by atoms with E-state index in [0.29, 0.717) is 40.3 Å². The van der Waals surface area contributed by atoms with Crippen molar-refractivity contribution in [1.82, 2.24) is 10.2 Å². The third-order valence-electron chi connectivity index (χ3n) is 6.38. The van der Waals surface area contributed by atoms with Gasteiger partial charge in [-0.15, -0.1) is 0 Å². The second-order valence-electron chi connectivity index (χ2n) is 9.75. The summed E-state index contributed by atoms with van der Waals surface area (Å²) in [5.74, 6) is -0.169. The molecule has 0 aliphatic carbocycles. The van der Waals surface area contributed by atoms with Gasteiger partial charge in [-0.05, 0) is 62.7 Å². The van der Waals surface area contributed by atoms with Gasteiger partial charge >= 0.3 is 0 Å². The molecule has 12 heteroatoms. The summed E-state index contributed by atoms with van der Waals surface area (Å²) in [7, 11) is -4.22. The minimum absolute atomic E-state index is 0.000541. The Bertz CT molecular complexity index is 1520. The molecule has 218 valence electrons. The molecule has 0 spiro atoms. The number of nitrogens with one attached hydrogen (secondary N) is 1. The fraction of sp³-hybridized carbons (Fsp3) is 0.310. The number of nitrogens with zero attached hydrogens (tertiary/aromatic N) is 2. The van der Waals surface area contributed by atoms with Gasteiger partial charge in [-0.2, -0.15) is 0 Å². The van der Waals surface area contributed by atoms with E-state index in [-0.39, 0.29) is 23.2 Å². The maximum Gasteiger partial charge on any atom is 0.264 e. The number of hydrogen-bond acceptors (Lipinski definition) is 6. The second kappa shape index (κ2) is 13.0. The molecule has 41 heavy (non-hydrogen) atoms. The number of halogens is 2. The minimum Gasteiger partial charge on any atom is -0.486 e. The SMILES string of the molecule is CC(C)NC(=O)[C@@H](C)N(Cc1ccc(Cl)cc1Cl)C(=O)CN(c1ccc2c(c1)OCCO2)S(=O)(=O)c1ccccc1. The number of benzene rings is 3. The lowest BCUT2D eigenvalue weighted by Crippen LogP contribution is -2.52. The van der Waals surface area contributed by atoms with E-state index < -0.39 is 34.4 Å². The van der Waals surface area contributed by atoms with Crippen molar-refractivity contribution in [1.29, 1.82) is 0 Å². The lowest BCUT2D eigenvalue weighted by Gasteiger charge is -2.32. The van der Waals surface area contributed by atoms with Crippen LogP contribution in [-0.2, 0) is 26.2 Å². The van der Waals surface area contributed by atoms with Crippen LogP contribution in [0.4, 0.5) is 5.69 Å². The number of sulfonamides is 1. The monoisotopic (exact) mass is 619 g/mol. The Morgan fingerprint density at radius 1 is 0.927 bits per heavy atom. The van der Waals surface area contributed by atoms with Crippen molar-refractivity contribution < 1.29 is 27.5 Å². The number of carbonyl (C=O) groups is 2. The quantitative estimate of drug-likeness (QED) is 0.346. The molecule has 4 rings (SSSR count). The molecule has 1 atom stereocenters. The van der Waals surface area contributed by atoms with Gasteiger partial charge in [0.25, 0.3) is 10.0 Å². The largest absolute Gasteiger partial charge is 0.486 e. The van der Waals surface area contributed by atoms with Crippen molar-refractivity contribution in [3.63, 3.8) is 0 Å². The fourth-order valence-corrected chi connectivity index (χ4v) is 6.15. The summed E-state index contributed by atoms with van der Waals surface area (Å²) < 4.78 is 40.1. The molecule has 2 amide bonds. The summed E-state index contributed by atoms with van der Waals surface area (Å²) >= 11 is 12.5. The van der Waals surface area contributed by atoms with Crippen molar-refractivity contribution in [2.24, 2.45) is 0 Å². The summed E-state index contributed by atoms with van der Waals surface area (Å²) in [6, 6.07) is 16.2. The Kier molecular flexibility index (Phi) is 9.68. The molecule has 9 nitrogen and oxygen atoms in total. The molecule has 0 aromatic heterocycles. The Morgan fingerprint density at radius 3 is 2.27 bits per heavy atom. The van der Waals surface area contributed by atoms with Crippen molar-refractivity contribution >= 4 is 50.7 Å². The Morgan fingerprint density at radius 2 is 1.61 bits per heavy atom. The topological polar surface area (TPSA) is 105 Å². The molecule has 3 aromatic rings. The summed E-state index contributed by atoms with van der Waals surface area (Å²) in [4.78, 5) is 28.4. The molecule has 0 bridgehead atoms. The minimum atomic E-state index is -4.22. The van der Waals surface area contributed by atoms with Crippen molar-refractivity contribution in [2.75, 3.05) is 24.1 Å². The second-order valence-corrected chi connectivity index (χ2v) is 12.5. The third-order valence-corrected chi connectivity index (χ3v) is 8.75. The molecular formula is C29H31Cl2N3O6S. The number of hydrogen-bond donors (Lipinski definition) is 1. The maximum atomic E-state index is 14.0. The zero-order valence-electron chi connectivity index (χ0n) is 22.8. The first-order valence-corrected chi connectivity index (χ1v) is 15.2. The van der Waals surface area contributed by atoms with Crippen LogP contribution in [0.3, 0.4) is 0 Å². The van der Waals surface area contributed by atoms with Gasteiger partial charge in [-0.25, -0.2) is 8.42 Å². The van der Waals surface area contributed by atoms with E-state index in [1.54, 1.807) is 55.5 Å². The Balaban J connectivity index is 1.75. The number of amides is 2. The number of fused-ring (bicyclic) bond motifs is 1. The first-order chi connectivity index (χ1) is 19.5. The van der Waals surface area contributed by atoms with Crippen LogP contribution in [0.2, 0.25) is 10.0 Å². The lowest BCUT2D eigenvalue weighted by molar-refractivity contribution is -0.139. The number of ether oxygens (including phenoxy) is 2. The van der Waals surface area contributed by atoms with E-state index in [4.69, 9.17) is 32.7 Å². The predicted octanol–water partition coefficient (Wildman–Crippen LogP) is 4.90. The summed E-state index contributed by atoms with van der Waals surface area (Å²) in [5.41, 5.74) is 0.751. The molecule has 0 saturated carbocycles. The van der Waals surface area contributed by atoms with Crippen molar-refractivity contribution in [3.05, 3.63) is 82.3 Å². The highest BCUT2D eigenvalue weighted by molar-refractivity contribution is 7.92. The Hall–Kier alpha value is -3.47. The fourth-order valence-electron chi connectivity index (χ4n) is 4.26.